The van der Waals surface area contributed by atoms with Crippen molar-refractivity contribution in [3.63, 3.8) is 0 Å². The van der Waals surface area contributed by atoms with Gasteiger partial charge in [-0.25, -0.2) is 4.79 Å². The molecular formula is C12H21NO5. The topological polar surface area (TPSA) is 104 Å². The highest BCUT2D eigenvalue weighted by Crippen LogP contribution is 2.09. The largest absolute Gasteiger partial charge is 0.481 e. The summed E-state index contributed by atoms with van der Waals surface area (Å²) in [5.41, 5.74) is 0. The van der Waals surface area contributed by atoms with E-state index in [0.717, 1.165) is 12.8 Å². The van der Waals surface area contributed by atoms with Crippen molar-refractivity contribution >= 4 is 17.8 Å². The van der Waals surface area contributed by atoms with Gasteiger partial charge in [0, 0.05) is 12.3 Å². The fraction of sp³-hybridized carbons (Fsp3) is 0.750. The lowest BCUT2D eigenvalue weighted by molar-refractivity contribution is -0.143. The first-order chi connectivity index (χ1) is 8.38. The van der Waals surface area contributed by atoms with Gasteiger partial charge in [-0.05, 0) is 12.8 Å². The van der Waals surface area contributed by atoms with Crippen LogP contribution in [0, 0.1) is 5.92 Å². The van der Waals surface area contributed by atoms with Crippen molar-refractivity contribution in [2.75, 3.05) is 0 Å². The van der Waals surface area contributed by atoms with Crippen LogP contribution in [0.2, 0.25) is 0 Å². The Labute approximate surface area is 106 Å². The maximum Gasteiger partial charge on any atom is 0.326 e. The van der Waals surface area contributed by atoms with E-state index in [1.165, 1.54) is 0 Å². The molecule has 3 N–H and O–H groups in total. The monoisotopic (exact) mass is 259 g/mol. The second-order valence-corrected chi connectivity index (χ2v) is 4.38. The molecule has 0 spiro atoms. The zero-order valence-electron chi connectivity index (χ0n) is 10.8. The first kappa shape index (κ1) is 16.4. The zero-order valence-corrected chi connectivity index (χ0v) is 10.8. The molecule has 6 heteroatoms. The molecule has 0 radical (unpaired) electrons. The van der Waals surface area contributed by atoms with Gasteiger partial charge in [0.1, 0.15) is 6.04 Å². The summed E-state index contributed by atoms with van der Waals surface area (Å²) >= 11 is 0. The number of nitrogens with one attached hydrogen (secondary N) is 1. The Hall–Kier alpha value is -1.59. The van der Waals surface area contributed by atoms with Crippen LogP contribution in [-0.2, 0) is 14.4 Å². The van der Waals surface area contributed by atoms with E-state index in [-0.39, 0.29) is 24.7 Å². The van der Waals surface area contributed by atoms with Gasteiger partial charge in [-0.1, -0.05) is 26.7 Å². The molecule has 0 rings (SSSR count). The fourth-order valence-corrected chi connectivity index (χ4v) is 1.48. The molecule has 18 heavy (non-hydrogen) atoms. The zero-order chi connectivity index (χ0) is 14.1. The highest BCUT2D eigenvalue weighted by Gasteiger charge is 2.23. The van der Waals surface area contributed by atoms with Gasteiger partial charge in [0.2, 0.25) is 5.91 Å². The predicted molar refractivity (Wildman–Crippen MR) is 65.1 cm³/mol. The van der Waals surface area contributed by atoms with Crippen molar-refractivity contribution in [1.29, 1.82) is 0 Å². The van der Waals surface area contributed by atoms with Crippen LogP contribution in [0.25, 0.3) is 0 Å². The summed E-state index contributed by atoms with van der Waals surface area (Å²) in [6, 6.07) is -1.13. The lowest BCUT2D eigenvalue weighted by Gasteiger charge is -2.17. The molecule has 0 heterocycles. The molecule has 0 aliphatic carbocycles. The minimum Gasteiger partial charge on any atom is -0.481 e. The summed E-state index contributed by atoms with van der Waals surface area (Å²) in [5.74, 6) is -2.86. The Morgan fingerprint density at radius 2 is 1.78 bits per heavy atom. The van der Waals surface area contributed by atoms with Crippen molar-refractivity contribution in [2.45, 2.75) is 52.0 Å². The summed E-state index contributed by atoms with van der Waals surface area (Å²) in [5, 5.41) is 19.8. The number of amides is 1. The average Bonchev–Trinajstić information content (AvgIpc) is 2.30. The lowest BCUT2D eigenvalue weighted by Crippen LogP contribution is -2.43. The molecule has 0 saturated carbocycles. The van der Waals surface area contributed by atoms with Gasteiger partial charge >= 0.3 is 11.9 Å². The Morgan fingerprint density at radius 1 is 1.17 bits per heavy atom. The quantitative estimate of drug-likeness (QED) is 0.578. The SMILES string of the molecule is CCCCC(C)C(=O)N[C@@H](CCC(=O)O)C(=O)O. The first-order valence-corrected chi connectivity index (χ1v) is 6.13. The van der Waals surface area contributed by atoms with Crippen LogP contribution in [-0.4, -0.2) is 34.1 Å². The molecular weight excluding hydrogens is 238 g/mol. The Balaban J connectivity index is 4.26. The van der Waals surface area contributed by atoms with Crippen LogP contribution in [0.4, 0.5) is 0 Å². The van der Waals surface area contributed by atoms with Crippen LogP contribution < -0.4 is 5.32 Å². The molecule has 0 bridgehead atoms. The number of carbonyl (C=O) groups excluding carboxylic acids is 1. The van der Waals surface area contributed by atoms with E-state index in [1.807, 2.05) is 6.92 Å². The summed E-state index contributed by atoms with van der Waals surface area (Å²) < 4.78 is 0. The predicted octanol–water partition coefficient (Wildman–Crippen LogP) is 1.25. The Morgan fingerprint density at radius 3 is 2.22 bits per heavy atom. The van der Waals surface area contributed by atoms with Gasteiger partial charge in [0.25, 0.3) is 0 Å². The first-order valence-electron chi connectivity index (χ1n) is 6.13. The van der Waals surface area contributed by atoms with E-state index in [2.05, 4.69) is 5.32 Å². The highest BCUT2D eigenvalue weighted by molar-refractivity contribution is 5.85. The van der Waals surface area contributed by atoms with Crippen molar-refractivity contribution in [1.82, 2.24) is 5.32 Å². The Bertz CT molecular complexity index is 303. The van der Waals surface area contributed by atoms with Crippen molar-refractivity contribution in [3.8, 4) is 0 Å². The van der Waals surface area contributed by atoms with E-state index >= 15 is 0 Å². The van der Waals surface area contributed by atoms with Crippen LogP contribution in [0.15, 0.2) is 0 Å². The number of rotatable bonds is 9. The Kier molecular flexibility index (Phi) is 7.74. The second kappa shape index (κ2) is 8.49. The molecule has 2 atom stereocenters. The van der Waals surface area contributed by atoms with Gasteiger partial charge in [0.05, 0.1) is 0 Å². The molecule has 1 amide bonds. The van der Waals surface area contributed by atoms with E-state index < -0.39 is 18.0 Å². The molecule has 0 aromatic rings. The minimum absolute atomic E-state index is 0.100. The number of unbranched alkanes of at least 4 members (excludes halogenated alkanes) is 1. The van der Waals surface area contributed by atoms with E-state index in [0.29, 0.717) is 6.42 Å². The number of carboxylic acid groups (broad SMARTS) is 2. The molecule has 0 aromatic carbocycles. The van der Waals surface area contributed by atoms with Gasteiger partial charge < -0.3 is 15.5 Å². The van der Waals surface area contributed by atoms with Gasteiger partial charge in [-0.3, -0.25) is 9.59 Å². The molecule has 104 valence electrons. The number of carbonyl (C=O) groups is 3. The molecule has 0 saturated heterocycles. The maximum atomic E-state index is 11.7. The van der Waals surface area contributed by atoms with Gasteiger partial charge in [-0.2, -0.15) is 0 Å². The van der Waals surface area contributed by atoms with Crippen molar-refractivity contribution in [3.05, 3.63) is 0 Å². The third kappa shape index (κ3) is 6.88. The second-order valence-electron chi connectivity index (χ2n) is 4.38. The van der Waals surface area contributed by atoms with Gasteiger partial charge in [-0.15, -0.1) is 0 Å². The van der Waals surface area contributed by atoms with Crippen LogP contribution in [0.5, 0.6) is 0 Å². The van der Waals surface area contributed by atoms with Crippen LogP contribution >= 0.6 is 0 Å². The highest BCUT2D eigenvalue weighted by atomic mass is 16.4. The molecule has 0 aliphatic rings. The molecule has 0 fully saturated rings. The van der Waals surface area contributed by atoms with Crippen LogP contribution in [0.3, 0.4) is 0 Å². The molecule has 0 aliphatic heterocycles. The standard InChI is InChI=1S/C12H21NO5/c1-3-4-5-8(2)11(16)13-9(12(17)18)6-7-10(14)15/h8-9H,3-7H2,1-2H3,(H,13,16)(H,14,15)(H,17,18)/t8?,9-/m0/s1. The minimum atomic E-state index is -1.20. The summed E-state index contributed by atoms with van der Waals surface area (Å²) in [6.07, 6.45) is 2.20. The number of aliphatic carboxylic acids is 2. The molecule has 1 unspecified atom stereocenters. The van der Waals surface area contributed by atoms with E-state index in [1.54, 1.807) is 6.92 Å². The normalized spacial score (nSPS) is 13.7. The summed E-state index contributed by atoms with van der Waals surface area (Å²) in [4.78, 5) is 32.9. The van der Waals surface area contributed by atoms with E-state index in [4.69, 9.17) is 10.2 Å². The third-order valence-electron chi connectivity index (χ3n) is 2.70. The smallest absolute Gasteiger partial charge is 0.326 e. The molecule has 0 aromatic heterocycles. The molecule has 6 nitrogen and oxygen atoms in total. The maximum absolute atomic E-state index is 11.7. The van der Waals surface area contributed by atoms with Crippen LogP contribution in [0.1, 0.15) is 46.0 Å². The van der Waals surface area contributed by atoms with Gasteiger partial charge in [0.15, 0.2) is 0 Å². The average molecular weight is 259 g/mol. The summed E-state index contributed by atoms with van der Waals surface area (Å²) in [7, 11) is 0. The van der Waals surface area contributed by atoms with Crippen molar-refractivity contribution in [2.24, 2.45) is 5.92 Å². The number of hydrogen-bond acceptors (Lipinski definition) is 3. The summed E-state index contributed by atoms with van der Waals surface area (Å²) in [6.45, 7) is 3.75. The number of carboxylic acids is 2. The lowest BCUT2D eigenvalue weighted by atomic mass is 10.0. The van der Waals surface area contributed by atoms with Crippen molar-refractivity contribution < 1.29 is 24.6 Å². The van der Waals surface area contributed by atoms with E-state index in [9.17, 15) is 14.4 Å². The third-order valence-corrected chi connectivity index (χ3v) is 2.70. The fourth-order valence-electron chi connectivity index (χ4n) is 1.48. The number of hydrogen-bond donors (Lipinski definition) is 3.